The van der Waals surface area contributed by atoms with Crippen LogP contribution in [0, 0.1) is 0 Å². The maximum absolute atomic E-state index is 12.5. The van der Waals surface area contributed by atoms with E-state index in [-0.39, 0.29) is 5.69 Å². The molecule has 0 atom stereocenters. The molecule has 0 unspecified atom stereocenters. The highest BCUT2D eigenvalue weighted by Crippen LogP contribution is 2.23. The Morgan fingerprint density at radius 2 is 1.74 bits per heavy atom. The monoisotopic (exact) mass is 490 g/mol. The first kappa shape index (κ1) is 23.8. The molecule has 0 bridgehead atoms. The number of methoxy groups -OCH3 is 2. The molecule has 0 radical (unpaired) electrons. The molecule has 1 amide bonds. The van der Waals surface area contributed by atoms with E-state index in [1.165, 1.54) is 6.21 Å². The van der Waals surface area contributed by atoms with Crippen LogP contribution < -0.4 is 19.6 Å². The standard InChI is InChI=1S/C26H23ClN4O4/c1-33-22-11-12-25(34-2)19(13-22)15-28-31-26(32)24-14-23(29-30-24)18-5-9-21(10-6-18)35-16-17-3-7-20(27)8-4-17/h3-15H,16H2,1-2H3,(H,29,30)(H,31,32). The number of nitrogens with one attached hydrogen (secondary N) is 2. The summed E-state index contributed by atoms with van der Waals surface area (Å²) in [5, 5.41) is 11.7. The van der Waals surface area contributed by atoms with Gasteiger partial charge >= 0.3 is 0 Å². The Morgan fingerprint density at radius 1 is 1.00 bits per heavy atom. The highest BCUT2D eigenvalue weighted by molar-refractivity contribution is 6.30. The van der Waals surface area contributed by atoms with Crippen molar-refractivity contribution >= 4 is 23.7 Å². The predicted octanol–water partition coefficient (Wildman–Crippen LogP) is 5.09. The van der Waals surface area contributed by atoms with Crippen LogP contribution in [-0.2, 0) is 6.61 Å². The van der Waals surface area contributed by atoms with Crippen LogP contribution in [0.25, 0.3) is 11.3 Å². The number of amides is 1. The second-order valence-corrected chi connectivity index (χ2v) is 7.85. The van der Waals surface area contributed by atoms with Crippen LogP contribution in [0.1, 0.15) is 21.6 Å². The topological polar surface area (TPSA) is 97.8 Å². The summed E-state index contributed by atoms with van der Waals surface area (Å²) in [6.07, 6.45) is 1.49. The summed E-state index contributed by atoms with van der Waals surface area (Å²) in [4.78, 5) is 12.5. The SMILES string of the molecule is COc1ccc(OC)c(C=NNC(=O)c2cc(-c3ccc(OCc4ccc(Cl)cc4)cc3)n[nH]2)c1. The minimum absolute atomic E-state index is 0.276. The van der Waals surface area contributed by atoms with Crippen molar-refractivity contribution in [3.63, 3.8) is 0 Å². The fourth-order valence-electron chi connectivity index (χ4n) is 3.22. The lowest BCUT2D eigenvalue weighted by atomic mass is 10.1. The first-order chi connectivity index (χ1) is 17.1. The molecule has 0 fully saturated rings. The molecular weight excluding hydrogens is 468 g/mol. The molecule has 0 spiro atoms. The number of carbonyl (C=O) groups excluding carboxylic acids is 1. The van der Waals surface area contributed by atoms with Crippen molar-refractivity contribution in [1.82, 2.24) is 15.6 Å². The highest BCUT2D eigenvalue weighted by atomic mass is 35.5. The quantitative estimate of drug-likeness (QED) is 0.251. The van der Waals surface area contributed by atoms with Crippen LogP contribution in [-0.4, -0.2) is 36.5 Å². The molecule has 0 aliphatic heterocycles. The van der Waals surface area contributed by atoms with E-state index in [2.05, 4.69) is 20.7 Å². The van der Waals surface area contributed by atoms with Crippen molar-refractivity contribution in [3.8, 4) is 28.5 Å². The van der Waals surface area contributed by atoms with Gasteiger partial charge in [-0.2, -0.15) is 10.2 Å². The third-order valence-electron chi connectivity index (χ3n) is 5.10. The summed E-state index contributed by atoms with van der Waals surface area (Å²) < 4.78 is 16.3. The number of H-pyrrole nitrogens is 1. The normalized spacial score (nSPS) is 10.8. The van der Waals surface area contributed by atoms with Gasteiger partial charge in [-0.1, -0.05) is 23.7 Å². The maximum atomic E-state index is 12.5. The molecule has 2 N–H and O–H groups in total. The largest absolute Gasteiger partial charge is 0.497 e. The van der Waals surface area contributed by atoms with Gasteiger partial charge < -0.3 is 14.2 Å². The molecule has 35 heavy (non-hydrogen) atoms. The van der Waals surface area contributed by atoms with Crippen LogP contribution >= 0.6 is 11.6 Å². The van der Waals surface area contributed by atoms with E-state index in [9.17, 15) is 4.79 Å². The molecule has 0 aliphatic rings. The van der Waals surface area contributed by atoms with Crippen LogP contribution in [0.4, 0.5) is 0 Å². The Balaban J connectivity index is 1.35. The molecule has 4 rings (SSSR count). The number of rotatable bonds is 9. The van der Waals surface area contributed by atoms with Crippen molar-refractivity contribution in [2.24, 2.45) is 5.10 Å². The second-order valence-electron chi connectivity index (χ2n) is 7.41. The molecule has 178 valence electrons. The summed E-state index contributed by atoms with van der Waals surface area (Å²) in [5.74, 6) is 1.55. The Hall–Kier alpha value is -4.30. The zero-order valence-electron chi connectivity index (χ0n) is 19.1. The van der Waals surface area contributed by atoms with Crippen LogP contribution in [0.3, 0.4) is 0 Å². The predicted molar refractivity (Wildman–Crippen MR) is 134 cm³/mol. The molecule has 0 saturated heterocycles. The number of carbonyl (C=O) groups is 1. The molecule has 0 saturated carbocycles. The number of halogens is 1. The second kappa shape index (κ2) is 11.2. The fraction of sp³-hybridized carbons (Fsp3) is 0.115. The minimum atomic E-state index is -0.426. The van der Waals surface area contributed by atoms with Gasteiger partial charge in [0.1, 0.15) is 29.5 Å². The smallest absolute Gasteiger partial charge is 0.289 e. The Bertz CT molecular complexity index is 1320. The third-order valence-corrected chi connectivity index (χ3v) is 5.35. The van der Waals surface area contributed by atoms with E-state index in [1.54, 1.807) is 38.5 Å². The molecule has 1 aromatic heterocycles. The fourth-order valence-corrected chi connectivity index (χ4v) is 3.34. The number of benzene rings is 3. The van der Waals surface area contributed by atoms with Gasteiger partial charge in [0.25, 0.3) is 5.91 Å². The lowest BCUT2D eigenvalue weighted by Gasteiger charge is -2.07. The lowest BCUT2D eigenvalue weighted by molar-refractivity contribution is 0.0950. The highest BCUT2D eigenvalue weighted by Gasteiger charge is 2.11. The first-order valence-corrected chi connectivity index (χ1v) is 11.0. The third kappa shape index (κ3) is 6.18. The van der Waals surface area contributed by atoms with Crippen molar-refractivity contribution in [2.75, 3.05) is 14.2 Å². The average Bonchev–Trinajstić information content (AvgIpc) is 3.39. The lowest BCUT2D eigenvalue weighted by Crippen LogP contribution is -2.18. The van der Waals surface area contributed by atoms with Crippen molar-refractivity contribution in [1.29, 1.82) is 0 Å². The van der Waals surface area contributed by atoms with Crippen LogP contribution in [0.5, 0.6) is 17.2 Å². The molecule has 9 heteroatoms. The number of ether oxygens (including phenoxy) is 3. The summed E-state index contributed by atoms with van der Waals surface area (Å²) in [7, 11) is 3.13. The van der Waals surface area contributed by atoms with E-state index in [1.807, 2.05) is 48.5 Å². The summed E-state index contributed by atoms with van der Waals surface area (Å²) in [6.45, 7) is 0.436. The van der Waals surface area contributed by atoms with Gasteiger partial charge in [-0.05, 0) is 66.2 Å². The first-order valence-electron chi connectivity index (χ1n) is 10.6. The molecule has 4 aromatic rings. The van der Waals surface area contributed by atoms with E-state index >= 15 is 0 Å². The van der Waals surface area contributed by atoms with E-state index in [0.29, 0.717) is 34.4 Å². The number of hydrogen-bond donors (Lipinski definition) is 2. The van der Waals surface area contributed by atoms with Crippen LogP contribution in [0.15, 0.2) is 77.9 Å². The Labute approximate surface area is 207 Å². The van der Waals surface area contributed by atoms with Gasteiger partial charge in [-0.25, -0.2) is 5.43 Å². The number of hydrogen-bond acceptors (Lipinski definition) is 6. The zero-order valence-corrected chi connectivity index (χ0v) is 19.9. The van der Waals surface area contributed by atoms with Crippen LogP contribution in [0.2, 0.25) is 5.02 Å². The number of aromatic nitrogens is 2. The number of aromatic amines is 1. The van der Waals surface area contributed by atoms with Gasteiger partial charge in [-0.3, -0.25) is 9.89 Å². The van der Waals surface area contributed by atoms with E-state index in [0.717, 1.165) is 16.9 Å². The molecule has 1 heterocycles. The van der Waals surface area contributed by atoms with Gasteiger partial charge in [-0.15, -0.1) is 0 Å². The van der Waals surface area contributed by atoms with Crippen molar-refractivity contribution in [3.05, 3.63) is 94.6 Å². The number of hydrazone groups is 1. The van der Waals surface area contributed by atoms with E-state index < -0.39 is 5.91 Å². The minimum Gasteiger partial charge on any atom is -0.497 e. The molecule has 8 nitrogen and oxygen atoms in total. The van der Waals surface area contributed by atoms with Crippen molar-refractivity contribution < 1.29 is 19.0 Å². The Morgan fingerprint density at radius 3 is 2.46 bits per heavy atom. The summed E-state index contributed by atoms with van der Waals surface area (Å²) in [6, 6.07) is 21.9. The average molecular weight is 491 g/mol. The van der Waals surface area contributed by atoms with Gasteiger partial charge in [0.15, 0.2) is 0 Å². The molecular formula is C26H23ClN4O4. The van der Waals surface area contributed by atoms with Crippen molar-refractivity contribution in [2.45, 2.75) is 6.61 Å². The maximum Gasteiger partial charge on any atom is 0.289 e. The Kier molecular flexibility index (Phi) is 7.64. The van der Waals surface area contributed by atoms with E-state index in [4.69, 9.17) is 25.8 Å². The summed E-state index contributed by atoms with van der Waals surface area (Å²) >= 11 is 5.91. The molecule has 0 aliphatic carbocycles. The van der Waals surface area contributed by atoms with Gasteiger partial charge in [0.05, 0.1) is 26.1 Å². The van der Waals surface area contributed by atoms with Gasteiger partial charge in [0.2, 0.25) is 0 Å². The molecule has 3 aromatic carbocycles. The zero-order chi connectivity index (χ0) is 24.6. The van der Waals surface area contributed by atoms with Gasteiger partial charge in [0, 0.05) is 16.1 Å². The number of nitrogens with zero attached hydrogens (tertiary/aromatic N) is 2. The summed E-state index contributed by atoms with van der Waals surface area (Å²) in [5.41, 5.74) is 5.90.